The Hall–Kier alpha value is -0.870. The lowest BCUT2D eigenvalue weighted by Gasteiger charge is -2.23. The maximum absolute atomic E-state index is 11.8. The van der Waals surface area contributed by atoms with Gasteiger partial charge in [0.2, 0.25) is 5.91 Å². The zero-order valence-electron chi connectivity index (χ0n) is 11.6. The van der Waals surface area contributed by atoms with E-state index < -0.39 is 0 Å². The largest absolute Gasteiger partial charge is 0.351 e. The molecule has 1 heterocycles. The highest BCUT2D eigenvalue weighted by Gasteiger charge is 2.18. The minimum atomic E-state index is 0.132. The van der Waals surface area contributed by atoms with E-state index in [0.29, 0.717) is 19.5 Å². The Bertz CT molecular complexity index is 385. The van der Waals surface area contributed by atoms with E-state index in [1.54, 1.807) is 11.3 Å². The summed E-state index contributed by atoms with van der Waals surface area (Å²) in [4.78, 5) is 13.0. The SMILES string of the molecule is Cc1ccsc1CNC(=O)CCC(C)(C)CCN. The molecular weight excluding hydrogens is 244 g/mol. The van der Waals surface area contributed by atoms with Crippen molar-refractivity contribution in [1.29, 1.82) is 0 Å². The Morgan fingerprint density at radius 2 is 2.17 bits per heavy atom. The van der Waals surface area contributed by atoms with Gasteiger partial charge < -0.3 is 11.1 Å². The molecule has 0 unspecified atom stereocenters. The molecule has 1 rings (SSSR count). The summed E-state index contributed by atoms with van der Waals surface area (Å²) < 4.78 is 0. The molecule has 0 aliphatic heterocycles. The summed E-state index contributed by atoms with van der Waals surface area (Å²) in [7, 11) is 0. The van der Waals surface area contributed by atoms with Crippen LogP contribution in [0.15, 0.2) is 11.4 Å². The van der Waals surface area contributed by atoms with Crippen molar-refractivity contribution < 1.29 is 4.79 Å². The van der Waals surface area contributed by atoms with Crippen LogP contribution in [0.5, 0.6) is 0 Å². The fraction of sp³-hybridized carbons (Fsp3) is 0.643. The predicted octanol–water partition coefficient (Wildman–Crippen LogP) is 2.83. The fourth-order valence-corrected chi connectivity index (χ4v) is 2.67. The molecule has 0 aliphatic carbocycles. The van der Waals surface area contributed by atoms with Crippen molar-refractivity contribution in [3.63, 3.8) is 0 Å². The molecule has 0 aromatic carbocycles. The lowest BCUT2D eigenvalue weighted by Crippen LogP contribution is -2.25. The van der Waals surface area contributed by atoms with Gasteiger partial charge in [0, 0.05) is 11.3 Å². The van der Waals surface area contributed by atoms with Crippen LogP contribution in [0.1, 0.15) is 43.6 Å². The second-order valence-electron chi connectivity index (χ2n) is 5.51. The molecule has 1 amide bonds. The quantitative estimate of drug-likeness (QED) is 0.799. The molecule has 0 saturated carbocycles. The van der Waals surface area contributed by atoms with Gasteiger partial charge in [-0.1, -0.05) is 13.8 Å². The molecule has 4 heteroatoms. The Morgan fingerprint density at radius 3 is 2.72 bits per heavy atom. The number of thiophene rings is 1. The van der Waals surface area contributed by atoms with Crippen molar-refractivity contribution in [2.24, 2.45) is 11.1 Å². The number of nitrogens with one attached hydrogen (secondary N) is 1. The molecule has 0 fully saturated rings. The Morgan fingerprint density at radius 1 is 1.44 bits per heavy atom. The first-order chi connectivity index (χ1) is 8.44. The fourth-order valence-electron chi connectivity index (χ4n) is 1.82. The summed E-state index contributed by atoms with van der Waals surface area (Å²) in [6, 6.07) is 2.08. The van der Waals surface area contributed by atoms with Crippen molar-refractivity contribution in [2.75, 3.05) is 6.54 Å². The number of amides is 1. The van der Waals surface area contributed by atoms with Crippen LogP contribution in [0, 0.1) is 12.3 Å². The molecule has 0 bridgehead atoms. The average molecular weight is 268 g/mol. The molecule has 18 heavy (non-hydrogen) atoms. The molecule has 1 aromatic heterocycles. The third-order valence-electron chi connectivity index (χ3n) is 3.26. The van der Waals surface area contributed by atoms with Gasteiger partial charge in [0.25, 0.3) is 0 Å². The van der Waals surface area contributed by atoms with E-state index in [4.69, 9.17) is 5.73 Å². The maximum Gasteiger partial charge on any atom is 0.220 e. The molecule has 3 nitrogen and oxygen atoms in total. The number of hydrogen-bond acceptors (Lipinski definition) is 3. The Kier molecular flexibility index (Phi) is 5.82. The van der Waals surface area contributed by atoms with Crippen LogP contribution in [-0.4, -0.2) is 12.5 Å². The summed E-state index contributed by atoms with van der Waals surface area (Å²) in [5.41, 5.74) is 6.97. The lowest BCUT2D eigenvalue weighted by atomic mass is 9.84. The van der Waals surface area contributed by atoms with Crippen LogP contribution in [0.25, 0.3) is 0 Å². The second kappa shape index (κ2) is 6.90. The van der Waals surface area contributed by atoms with Crippen molar-refractivity contribution in [1.82, 2.24) is 5.32 Å². The highest BCUT2D eigenvalue weighted by Crippen LogP contribution is 2.25. The van der Waals surface area contributed by atoms with Crippen molar-refractivity contribution in [3.8, 4) is 0 Å². The van der Waals surface area contributed by atoms with Gasteiger partial charge in [-0.25, -0.2) is 0 Å². The van der Waals surface area contributed by atoms with Gasteiger partial charge in [-0.3, -0.25) is 4.79 Å². The third kappa shape index (κ3) is 5.19. The Labute approximate surface area is 114 Å². The first kappa shape index (κ1) is 15.2. The maximum atomic E-state index is 11.8. The molecular formula is C14H24N2OS. The molecule has 0 saturated heterocycles. The number of rotatable bonds is 7. The van der Waals surface area contributed by atoms with Crippen LogP contribution < -0.4 is 11.1 Å². The number of carbonyl (C=O) groups excluding carboxylic acids is 1. The minimum Gasteiger partial charge on any atom is -0.351 e. The normalized spacial score (nSPS) is 11.6. The van der Waals surface area contributed by atoms with Gasteiger partial charge in [0.15, 0.2) is 0 Å². The van der Waals surface area contributed by atoms with E-state index in [-0.39, 0.29) is 11.3 Å². The zero-order valence-corrected chi connectivity index (χ0v) is 12.4. The average Bonchev–Trinajstić information content (AvgIpc) is 2.70. The summed E-state index contributed by atoms with van der Waals surface area (Å²) in [6.45, 7) is 7.73. The molecule has 0 aliphatic rings. The van der Waals surface area contributed by atoms with Gasteiger partial charge in [0.1, 0.15) is 0 Å². The highest BCUT2D eigenvalue weighted by atomic mass is 32.1. The van der Waals surface area contributed by atoms with Crippen LogP contribution in [0.2, 0.25) is 0 Å². The molecule has 3 N–H and O–H groups in total. The molecule has 0 atom stereocenters. The van der Waals surface area contributed by atoms with E-state index in [0.717, 1.165) is 12.8 Å². The Balaban J connectivity index is 2.28. The van der Waals surface area contributed by atoms with E-state index in [9.17, 15) is 4.79 Å². The second-order valence-corrected chi connectivity index (χ2v) is 6.51. The standard InChI is InChI=1S/C14H24N2OS/c1-11-5-9-18-12(11)10-16-13(17)4-6-14(2,3)7-8-15/h5,9H,4,6-8,10,15H2,1-3H3,(H,16,17). The van der Waals surface area contributed by atoms with Crippen molar-refractivity contribution in [2.45, 2.75) is 46.6 Å². The number of aryl methyl sites for hydroxylation is 1. The van der Waals surface area contributed by atoms with Gasteiger partial charge in [-0.2, -0.15) is 0 Å². The summed E-state index contributed by atoms with van der Waals surface area (Å²) in [5, 5.41) is 5.04. The van der Waals surface area contributed by atoms with Crippen LogP contribution in [-0.2, 0) is 11.3 Å². The highest BCUT2D eigenvalue weighted by molar-refractivity contribution is 7.10. The smallest absolute Gasteiger partial charge is 0.220 e. The zero-order chi connectivity index (χ0) is 13.6. The first-order valence-electron chi connectivity index (χ1n) is 6.44. The first-order valence-corrected chi connectivity index (χ1v) is 7.32. The van der Waals surface area contributed by atoms with E-state index >= 15 is 0 Å². The van der Waals surface area contributed by atoms with Gasteiger partial charge in [-0.15, -0.1) is 11.3 Å². The van der Waals surface area contributed by atoms with Crippen LogP contribution in [0.3, 0.4) is 0 Å². The number of hydrogen-bond donors (Lipinski definition) is 2. The number of nitrogens with two attached hydrogens (primary N) is 1. The van der Waals surface area contributed by atoms with Crippen LogP contribution in [0.4, 0.5) is 0 Å². The van der Waals surface area contributed by atoms with Gasteiger partial charge in [0.05, 0.1) is 6.54 Å². The predicted molar refractivity (Wildman–Crippen MR) is 77.6 cm³/mol. The molecule has 102 valence electrons. The summed E-state index contributed by atoms with van der Waals surface area (Å²) >= 11 is 1.69. The molecule has 0 spiro atoms. The van der Waals surface area contributed by atoms with E-state index in [2.05, 4.69) is 37.5 Å². The monoisotopic (exact) mass is 268 g/mol. The summed E-state index contributed by atoms with van der Waals surface area (Å²) in [5.74, 6) is 0.132. The van der Waals surface area contributed by atoms with Gasteiger partial charge in [-0.05, 0) is 48.7 Å². The summed E-state index contributed by atoms with van der Waals surface area (Å²) in [6.07, 6.45) is 2.43. The van der Waals surface area contributed by atoms with Crippen molar-refractivity contribution in [3.05, 3.63) is 21.9 Å². The lowest BCUT2D eigenvalue weighted by molar-refractivity contribution is -0.121. The van der Waals surface area contributed by atoms with E-state index in [1.807, 2.05) is 0 Å². The minimum absolute atomic E-state index is 0.132. The molecule has 1 aromatic rings. The number of carbonyl (C=O) groups is 1. The topological polar surface area (TPSA) is 55.1 Å². The third-order valence-corrected chi connectivity index (χ3v) is 4.29. The van der Waals surface area contributed by atoms with Crippen LogP contribution >= 0.6 is 11.3 Å². The van der Waals surface area contributed by atoms with Crippen molar-refractivity contribution >= 4 is 17.2 Å². The van der Waals surface area contributed by atoms with E-state index in [1.165, 1.54) is 10.4 Å². The molecule has 0 radical (unpaired) electrons. The van der Waals surface area contributed by atoms with Gasteiger partial charge >= 0.3 is 0 Å².